The van der Waals surface area contributed by atoms with Crippen molar-refractivity contribution in [3.05, 3.63) is 89.5 Å². The van der Waals surface area contributed by atoms with E-state index in [1.807, 2.05) is 24.3 Å². The van der Waals surface area contributed by atoms with Crippen LogP contribution < -0.4 is 0 Å². The van der Waals surface area contributed by atoms with Crippen LogP contribution in [0.2, 0.25) is 0 Å². The van der Waals surface area contributed by atoms with Gasteiger partial charge in [-0.05, 0) is 33.7 Å². The molecular formula is C22H16O. The normalized spacial score (nSPS) is 16.3. The highest BCUT2D eigenvalue weighted by atomic mass is 16.3. The van der Waals surface area contributed by atoms with E-state index in [1.165, 1.54) is 21.9 Å². The molecule has 0 aromatic heterocycles. The molecule has 1 atom stereocenters. The molecule has 1 aliphatic rings. The molecule has 4 aromatic carbocycles. The zero-order valence-corrected chi connectivity index (χ0v) is 12.7. The Morgan fingerprint density at radius 2 is 1.48 bits per heavy atom. The van der Waals surface area contributed by atoms with Crippen LogP contribution >= 0.6 is 0 Å². The van der Waals surface area contributed by atoms with Crippen LogP contribution in [-0.4, -0.2) is 5.11 Å². The first-order chi connectivity index (χ1) is 11.3. The Morgan fingerprint density at radius 1 is 0.696 bits per heavy atom. The Labute approximate surface area is 134 Å². The van der Waals surface area contributed by atoms with Crippen LogP contribution in [0.5, 0.6) is 5.75 Å². The van der Waals surface area contributed by atoms with E-state index in [9.17, 15) is 5.11 Å². The van der Waals surface area contributed by atoms with Crippen molar-refractivity contribution in [2.45, 2.75) is 12.3 Å². The summed E-state index contributed by atoms with van der Waals surface area (Å²) in [4.78, 5) is 0. The van der Waals surface area contributed by atoms with Gasteiger partial charge in [0.05, 0.1) is 0 Å². The summed E-state index contributed by atoms with van der Waals surface area (Å²) in [6, 6.07) is 25.3. The van der Waals surface area contributed by atoms with Crippen molar-refractivity contribution in [1.29, 1.82) is 0 Å². The fourth-order valence-corrected chi connectivity index (χ4v) is 4.07. The number of benzene rings is 4. The van der Waals surface area contributed by atoms with Crippen molar-refractivity contribution in [3.8, 4) is 5.75 Å². The smallest absolute Gasteiger partial charge is 0.127 e. The maximum atomic E-state index is 10.8. The van der Waals surface area contributed by atoms with E-state index in [-0.39, 0.29) is 5.92 Å². The SMILES string of the molecule is Oc1c(C2Cc3cccc4cccc2c34)ccc2ccccc12. The van der Waals surface area contributed by atoms with Crippen LogP contribution in [-0.2, 0) is 6.42 Å². The van der Waals surface area contributed by atoms with Gasteiger partial charge in [0.1, 0.15) is 5.75 Å². The summed E-state index contributed by atoms with van der Waals surface area (Å²) in [7, 11) is 0. The zero-order chi connectivity index (χ0) is 15.4. The lowest BCUT2D eigenvalue weighted by Gasteiger charge is -2.15. The Kier molecular flexibility index (Phi) is 2.54. The summed E-state index contributed by atoms with van der Waals surface area (Å²) in [5, 5.41) is 15.5. The predicted molar refractivity (Wildman–Crippen MR) is 95.1 cm³/mol. The van der Waals surface area contributed by atoms with Crippen LogP contribution in [0.1, 0.15) is 22.6 Å². The molecule has 23 heavy (non-hydrogen) atoms. The number of phenolic OH excluding ortho intramolecular Hbond substituents is 1. The van der Waals surface area contributed by atoms with Crippen molar-refractivity contribution in [2.75, 3.05) is 0 Å². The van der Waals surface area contributed by atoms with Crippen molar-refractivity contribution >= 4 is 21.5 Å². The Morgan fingerprint density at radius 3 is 2.39 bits per heavy atom. The molecule has 0 amide bonds. The summed E-state index contributed by atoms with van der Waals surface area (Å²) in [5.41, 5.74) is 3.76. The third-order valence-electron chi connectivity index (χ3n) is 5.13. The molecule has 1 N–H and O–H groups in total. The molecule has 5 rings (SSSR count). The maximum Gasteiger partial charge on any atom is 0.127 e. The lowest BCUT2D eigenvalue weighted by Crippen LogP contribution is -1.99. The van der Waals surface area contributed by atoms with Gasteiger partial charge in [0.25, 0.3) is 0 Å². The molecule has 110 valence electrons. The fourth-order valence-electron chi connectivity index (χ4n) is 4.07. The molecule has 0 saturated heterocycles. The molecule has 4 aromatic rings. The van der Waals surface area contributed by atoms with Crippen LogP contribution in [0.4, 0.5) is 0 Å². The first-order valence-corrected chi connectivity index (χ1v) is 8.04. The highest BCUT2D eigenvalue weighted by Crippen LogP contribution is 2.45. The monoisotopic (exact) mass is 296 g/mol. The zero-order valence-electron chi connectivity index (χ0n) is 12.7. The van der Waals surface area contributed by atoms with Crippen LogP contribution in [0.15, 0.2) is 72.8 Å². The molecule has 1 nitrogen and oxygen atoms in total. The average molecular weight is 296 g/mol. The van der Waals surface area contributed by atoms with E-state index < -0.39 is 0 Å². The first-order valence-electron chi connectivity index (χ1n) is 8.04. The van der Waals surface area contributed by atoms with Crippen molar-refractivity contribution in [3.63, 3.8) is 0 Å². The van der Waals surface area contributed by atoms with Crippen LogP contribution in [0, 0.1) is 0 Å². The van der Waals surface area contributed by atoms with Gasteiger partial charge in [-0.3, -0.25) is 0 Å². The summed E-state index contributed by atoms with van der Waals surface area (Å²) in [6.07, 6.45) is 0.961. The minimum atomic E-state index is 0.237. The summed E-state index contributed by atoms with van der Waals surface area (Å²) >= 11 is 0. The molecule has 1 heteroatoms. The Balaban J connectivity index is 1.76. The second-order valence-corrected chi connectivity index (χ2v) is 6.34. The second kappa shape index (κ2) is 4.60. The van der Waals surface area contributed by atoms with Gasteiger partial charge >= 0.3 is 0 Å². The number of phenols is 1. The lowest BCUT2D eigenvalue weighted by molar-refractivity contribution is 0.471. The maximum absolute atomic E-state index is 10.8. The molecule has 0 heterocycles. The molecule has 1 aliphatic carbocycles. The number of hydrogen-bond donors (Lipinski definition) is 1. The van der Waals surface area contributed by atoms with E-state index in [0.29, 0.717) is 5.75 Å². The standard InChI is InChI=1S/C22H16O/c23-22-17-9-2-1-5-14(17)11-12-19(22)20-13-16-8-3-6-15-7-4-10-18(20)21(15)16/h1-12,20,23H,13H2. The van der Waals surface area contributed by atoms with Crippen LogP contribution in [0.25, 0.3) is 21.5 Å². The van der Waals surface area contributed by atoms with Gasteiger partial charge in [-0.1, -0.05) is 72.8 Å². The number of rotatable bonds is 1. The fraction of sp³-hybridized carbons (Fsp3) is 0.0909. The van der Waals surface area contributed by atoms with Gasteiger partial charge in [0.15, 0.2) is 0 Å². The van der Waals surface area contributed by atoms with Gasteiger partial charge in [-0.25, -0.2) is 0 Å². The lowest BCUT2D eigenvalue weighted by atomic mass is 9.89. The summed E-state index contributed by atoms with van der Waals surface area (Å²) in [5.74, 6) is 0.665. The number of aromatic hydroxyl groups is 1. The Hall–Kier alpha value is -2.80. The topological polar surface area (TPSA) is 20.2 Å². The van der Waals surface area contributed by atoms with Gasteiger partial charge in [0, 0.05) is 16.9 Å². The summed E-state index contributed by atoms with van der Waals surface area (Å²) < 4.78 is 0. The predicted octanol–water partition coefficient (Wildman–Crippen LogP) is 5.39. The highest BCUT2D eigenvalue weighted by molar-refractivity contribution is 5.94. The summed E-state index contributed by atoms with van der Waals surface area (Å²) in [6.45, 7) is 0. The highest BCUT2D eigenvalue weighted by Gasteiger charge is 2.27. The molecule has 0 saturated carbocycles. The van der Waals surface area contributed by atoms with E-state index in [2.05, 4.69) is 48.5 Å². The molecule has 1 unspecified atom stereocenters. The van der Waals surface area contributed by atoms with Gasteiger partial charge in [-0.2, -0.15) is 0 Å². The largest absolute Gasteiger partial charge is 0.507 e. The van der Waals surface area contributed by atoms with E-state index in [1.54, 1.807) is 0 Å². The van der Waals surface area contributed by atoms with Crippen molar-refractivity contribution in [1.82, 2.24) is 0 Å². The van der Waals surface area contributed by atoms with E-state index in [0.717, 1.165) is 22.8 Å². The third-order valence-corrected chi connectivity index (χ3v) is 5.13. The van der Waals surface area contributed by atoms with Gasteiger partial charge in [-0.15, -0.1) is 0 Å². The minimum Gasteiger partial charge on any atom is -0.507 e. The van der Waals surface area contributed by atoms with Gasteiger partial charge < -0.3 is 5.11 Å². The number of hydrogen-bond acceptors (Lipinski definition) is 1. The van der Waals surface area contributed by atoms with E-state index >= 15 is 0 Å². The second-order valence-electron chi connectivity index (χ2n) is 6.34. The third kappa shape index (κ3) is 1.74. The van der Waals surface area contributed by atoms with E-state index in [4.69, 9.17) is 0 Å². The van der Waals surface area contributed by atoms with Gasteiger partial charge in [0.2, 0.25) is 0 Å². The molecule has 0 aliphatic heterocycles. The Bertz CT molecular complexity index is 1060. The number of fused-ring (bicyclic) bond motifs is 1. The molecule has 0 bridgehead atoms. The van der Waals surface area contributed by atoms with Crippen molar-refractivity contribution < 1.29 is 5.11 Å². The molecule has 0 spiro atoms. The molecule has 0 fully saturated rings. The average Bonchev–Trinajstić information content (AvgIpc) is 2.97. The molecular weight excluding hydrogens is 280 g/mol. The minimum absolute atomic E-state index is 0.237. The quantitative estimate of drug-likeness (QED) is 0.499. The molecule has 0 radical (unpaired) electrons. The first kappa shape index (κ1) is 12.7. The van der Waals surface area contributed by atoms with Crippen molar-refractivity contribution in [2.24, 2.45) is 0 Å². The van der Waals surface area contributed by atoms with Crippen LogP contribution in [0.3, 0.4) is 0 Å².